The highest BCUT2D eigenvalue weighted by atomic mass is 31.2. The fourth-order valence-electron chi connectivity index (χ4n) is 1.47. The summed E-state index contributed by atoms with van der Waals surface area (Å²) in [5, 5.41) is 3.60. The van der Waals surface area contributed by atoms with Gasteiger partial charge in [0.2, 0.25) is 0 Å². The maximum absolute atomic E-state index is 11.9. The molecule has 10 heteroatoms. The van der Waals surface area contributed by atoms with Crippen LogP contribution in [0.5, 0.6) is 5.75 Å². The predicted molar refractivity (Wildman–Crippen MR) is 89.5 cm³/mol. The molecular weight excluding hydrogens is 337 g/mol. The first kappa shape index (κ1) is 20.4. The number of urea groups is 1. The Bertz CT molecular complexity index is 587. The minimum absolute atomic E-state index is 0.0920. The van der Waals surface area contributed by atoms with E-state index in [4.69, 9.17) is 13.9 Å². The number of carbonyl (C=O) groups is 1. The van der Waals surface area contributed by atoms with E-state index in [0.717, 1.165) is 5.06 Å². The molecule has 9 nitrogen and oxygen atoms in total. The third-order valence-electron chi connectivity index (χ3n) is 2.90. The van der Waals surface area contributed by atoms with Gasteiger partial charge in [0.15, 0.2) is 0 Å². The van der Waals surface area contributed by atoms with Crippen LogP contribution in [-0.2, 0) is 13.9 Å². The molecular formula is C14H25N3O6P+. The number of hydrogen-bond donors (Lipinski definition) is 2. The van der Waals surface area contributed by atoms with E-state index < -0.39 is 13.9 Å². The van der Waals surface area contributed by atoms with Gasteiger partial charge in [-0.25, -0.2) is 14.4 Å². The Balaban J connectivity index is 2.56. The van der Waals surface area contributed by atoms with Crippen molar-refractivity contribution in [1.29, 1.82) is 0 Å². The standard InChI is InChI=1S/C14H24N3O6P/c1-16(21-5)14(18)15-12-6-8-13(9-7-12)23-24(19,20)22-11-10-17(2,3)4/h6-9H,10-11H2,1-5H3,(H-,15,18,19,20)/p+1. The van der Waals surface area contributed by atoms with Gasteiger partial charge in [-0.05, 0) is 24.3 Å². The van der Waals surface area contributed by atoms with Crippen LogP contribution in [0, 0.1) is 0 Å². The summed E-state index contributed by atoms with van der Waals surface area (Å²) in [7, 11) is 4.48. The minimum atomic E-state index is -4.19. The molecule has 0 aromatic heterocycles. The molecule has 0 spiro atoms. The van der Waals surface area contributed by atoms with Gasteiger partial charge in [0, 0.05) is 12.7 Å². The number of nitrogens with zero attached hydrogens (tertiary/aromatic N) is 2. The van der Waals surface area contributed by atoms with Gasteiger partial charge in [0.05, 0.1) is 28.3 Å². The number of rotatable bonds is 8. The first-order valence-corrected chi connectivity index (χ1v) is 8.68. The van der Waals surface area contributed by atoms with Crippen LogP contribution < -0.4 is 9.84 Å². The molecule has 0 bridgehead atoms. The van der Waals surface area contributed by atoms with Gasteiger partial charge in [0.1, 0.15) is 18.9 Å². The maximum atomic E-state index is 11.9. The average Bonchev–Trinajstić information content (AvgIpc) is 2.46. The summed E-state index contributed by atoms with van der Waals surface area (Å²) < 4.78 is 22.4. The van der Waals surface area contributed by atoms with E-state index in [9.17, 15) is 14.3 Å². The number of phosphoric acid groups is 1. The summed E-state index contributed by atoms with van der Waals surface area (Å²) in [6.45, 7) is 0.653. The van der Waals surface area contributed by atoms with Crippen LogP contribution in [0.25, 0.3) is 0 Å². The Morgan fingerprint density at radius 2 is 1.88 bits per heavy atom. The Morgan fingerprint density at radius 3 is 2.38 bits per heavy atom. The largest absolute Gasteiger partial charge is 0.527 e. The van der Waals surface area contributed by atoms with Crippen molar-refractivity contribution in [3.05, 3.63) is 24.3 Å². The highest BCUT2D eigenvalue weighted by molar-refractivity contribution is 7.47. The third kappa shape index (κ3) is 7.76. The lowest BCUT2D eigenvalue weighted by Crippen LogP contribution is -2.37. The van der Waals surface area contributed by atoms with Crippen molar-refractivity contribution in [3.8, 4) is 5.75 Å². The van der Waals surface area contributed by atoms with Gasteiger partial charge in [-0.1, -0.05) is 0 Å². The van der Waals surface area contributed by atoms with Crippen LogP contribution in [0.15, 0.2) is 24.3 Å². The van der Waals surface area contributed by atoms with E-state index in [2.05, 4.69) is 5.32 Å². The van der Waals surface area contributed by atoms with E-state index in [-0.39, 0.29) is 12.4 Å². The molecule has 0 saturated carbocycles. The van der Waals surface area contributed by atoms with Crippen molar-refractivity contribution in [1.82, 2.24) is 5.06 Å². The SMILES string of the molecule is CON(C)C(=O)Nc1ccc(OP(=O)(O)OCC[N+](C)(C)C)cc1. The molecule has 0 radical (unpaired) electrons. The highest BCUT2D eigenvalue weighted by Gasteiger charge is 2.24. The number of hydroxylamine groups is 2. The number of anilines is 1. The number of phosphoric ester groups is 1. The van der Waals surface area contributed by atoms with Crippen molar-refractivity contribution in [2.24, 2.45) is 0 Å². The molecule has 0 heterocycles. The second kappa shape index (κ2) is 8.46. The molecule has 0 aliphatic carbocycles. The van der Waals surface area contributed by atoms with E-state index >= 15 is 0 Å². The molecule has 1 aromatic carbocycles. The Morgan fingerprint density at radius 1 is 1.29 bits per heavy atom. The molecule has 1 aromatic rings. The van der Waals surface area contributed by atoms with Crippen LogP contribution in [0.4, 0.5) is 10.5 Å². The predicted octanol–water partition coefficient (Wildman–Crippen LogP) is 1.91. The molecule has 0 aliphatic rings. The van der Waals surface area contributed by atoms with Crippen molar-refractivity contribution >= 4 is 19.5 Å². The fourth-order valence-corrected chi connectivity index (χ4v) is 2.23. The first-order chi connectivity index (χ1) is 11.0. The minimum Gasteiger partial charge on any atom is -0.404 e. The van der Waals surface area contributed by atoms with Crippen molar-refractivity contribution in [2.45, 2.75) is 0 Å². The Kier molecular flexibility index (Phi) is 7.19. The van der Waals surface area contributed by atoms with Crippen LogP contribution in [0.2, 0.25) is 0 Å². The van der Waals surface area contributed by atoms with E-state index in [1.165, 1.54) is 38.4 Å². The molecule has 136 valence electrons. The van der Waals surface area contributed by atoms with Crippen molar-refractivity contribution in [2.75, 3.05) is 53.8 Å². The lowest BCUT2D eigenvalue weighted by Gasteiger charge is -2.24. The number of benzene rings is 1. The number of likely N-dealkylation sites (N-methyl/N-ethyl adjacent to an activating group) is 1. The molecule has 0 fully saturated rings. The summed E-state index contributed by atoms with van der Waals surface area (Å²) in [4.78, 5) is 26.0. The second-order valence-corrected chi connectivity index (χ2v) is 7.42. The molecule has 2 N–H and O–H groups in total. The smallest absolute Gasteiger partial charge is 0.404 e. The average molecular weight is 362 g/mol. The molecule has 0 saturated heterocycles. The van der Waals surface area contributed by atoms with E-state index in [1.54, 1.807) is 0 Å². The van der Waals surface area contributed by atoms with Crippen LogP contribution >= 0.6 is 7.82 Å². The Hall–Kier alpha value is -1.64. The number of quaternary nitrogens is 1. The molecule has 0 aliphatic heterocycles. The quantitative estimate of drug-likeness (QED) is 0.417. The molecule has 1 atom stereocenters. The molecule has 1 unspecified atom stereocenters. The number of nitrogens with one attached hydrogen (secondary N) is 1. The number of carbonyl (C=O) groups excluding carboxylic acids is 1. The van der Waals surface area contributed by atoms with Gasteiger partial charge in [-0.3, -0.25) is 14.3 Å². The summed E-state index contributed by atoms with van der Waals surface area (Å²) >= 11 is 0. The van der Waals surface area contributed by atoms with Crippen molar-refractivity contribution in [3.63, 3.8) is 0 Å². The highest BCUT2D eigenvalue weighted by Crippen LogP contribution is 2.43. The van der Waals surface area contributed by atoms with Crippen LogP contribution in [0.1, 0.15) is 0 Å². The number of amides is 2. The monoisotopic (exact) mass is 362 g/mol. The van der Waals surface area contributed by atoms with E-state index in [1.807, 2.05) is 21.1 Å². The zero-order valence-corrected chi connectivity index (χ0v) is 15.4. The fraction of sp³-hybridized carbons (Fsp3) is 0.500. The topological polar surface area (TPSA) is 97.3 Å². The van der Waals surface area contributed by atoms with Crippen molar-refractivity contribution < 1.29 is 32.6 Å². The van der Waals surface area contributed by atoms with Gasteiger partial charge < -0.3 is 14.3 Å². The first-order valence-electron chi connectivity index (χ1n) is 7.19. The number of hydrogen-bond acceptors (Lipinski definition) is 5. The zero-order valence-electron chi connectivity index (χ0n) is 14.6. The third-order valence-corrected chi connectivity index (χ3v) is 3.85. The van der Waals surface area contributed by atoms with Gasteiger partial charge >= 0.3 is 13.9 Å². The lowest BCUT2D eigenvalue weighted by atomic mass is 10.3. The second-order valence-electron chi connectivity index (χ2n) is 6.04. The Labute approximate surface area is 141 Å². The molecule has 24 heavy (non-hydrogen) atoms. The normalized spacial score (nSPS) is 13.9. The molecule has 2 amide bonds. The maximum Gasteiger partial charge on any atom is 0.527 e. The van der Waals surface area contributed by atoms with Gasteiger partial charge in [-0.2, -0.15) is 0 Å². The summed E-state index contributed by atoms with van der Waals surface area (Å²) in [5.41, 5.74) is 0.481. The van der Waals surface area contributed by atoms with Gasteiger partial charge in [-0.15, -0.1) is 0 Å². The lowest BCUT2D eigenvalue weighted by molar-refractivity contribution is -0.870. The molecule has 1 rings (SSSR count). The summed E-state index contributed by atoms with van der Waals surface area (Å²) in [5.74, 6) is 0.157. The van der Waals surface area contributed by atoms with Crippen LogP contribution in [0.3, 0.4) is 0 Å². The van der Waals surface area contributed by atoms with E-state index in [0.29, 0.717) is 16.7 Å². The van der Waals surface area contributed by atoms with Gasteiger partial charge in [0.25, 0.3) is 0 Å². The summed E-state index contributed by atoms with van der Waals surface area (Å²) in [6, 6.07) is 5.51. The zero-order chi connectivity index (χ0) is 18.4. The van der Waals surface area contributed by atoms with Crippen LogP contribution in [-0.4, -0.2) is 68.9 Å². The summed E-state index contributed by atoms with van der Waals surface area (Å²) in [6.07, 6.45) is 0.